The number of piperidine rings is 1. The lowest BCUT2D eigenvalue weighted by Crippen LogP contribution is -2.53. The Morgan fingerprint density at radius 3 is 3.00 bits per heavy atom. The monoisotopic (exact) mass is 272 g/mol. The average Bonchev–Trinajstić information content (AvgIpc) is 2.47. The lowest BCUT2D eigenvalue weighted by molar-refractivity contribution is -0.122. The van der Waals surface area contributed by atoms with E-state index in [4.69, 9.17) is 0 Å². The molecular weight excluding hydrogens is 248 g/mol. The molecule has 0 bridgehead atoms. The molecule has 108 valence electrons. The van der Waals surface area contributed by atoms with Crippen molar-refractivity contribution in [2.75, 3.05) is 18.0 Å². The number of rotatable bonds is 1. The van der Waals surface area contributed by atoms with Gasteiger partial charge in [-0.2, -0.15) is 0 Å². The molecule has 1 aromatic carbocycles. The highest BCUT2D eigenvalue weighted by molar-refractivity contribution is 5.99. The standard InChI is InChI=1S/C17H24N2O/c1-12-7-4-10-18-15(12)17(20)19-11-5-9-14-8-3-6-13(2)16(14)19/h3,6,8,12,15,18H,4-5,7,9-11H2,1-2H3. The third-order valence-electron chi connectivity index (χ3n) is 4.72. The van der Waals surface area contributed by atoms with Crippen molar-refractivity contribution in [3.63, 3.8) is 0 Å². The van der Waals surface area contributed by atoms with Gasteiger partial charge in [0.05, 0.1) is 6.04 Å². The molecule has 1 aromatic rings. The quantitative estimate of drug-likeness (QED) is 0.852. The summed E-state index contributed by atoms with van der Waals surface area (Å²) >= 11 is 0. The van der Waals surface area contributed by atoms with Gasteiger partial charge in [-0.25, -0.2) is 0 Å². The van der Waals surface area contributed by atoms with Crippen molar-refractivity contribution < 1.29 is 4.79 Å². The molecule has 1 N–H and O–H groups in total. The van der Waals surface area contributed by atoms with Crippen LogP contribution in [0.5, 0.6) is 0 Å². The molecule has 3 rings (SSSR count). The zero-order chi connectivity index (χ0) is 14.1. The van der Waals surface area contributed by atoms with Crippen molar-refractivity contribution in [2.24, 2.45) is 5.92 Å². The second-order valence-corrected chi connectivity index (χ2v) is 6.23. The van der Waals surface area contributed by atoms with E-state index >= 15 is 0 Å². The maximum absolute atomic E-state index is 12.9. The number of hydrogen-bond acceptors (Lipinski definition) is 2. The van der Waals surface area contributed by atoms with Crippen LogP contribution in [0.2, 0.25) is 0 Å². The largest absolute Gasteiger partial charge is 0.311 e. The Balaban J connectivity index is 1.90. The van der Waals surface area contributed by atoms with Crippen LogP contribution in [0.3, 0.4) is 0 Å². The minimum absolute atomic E-state index is 0.00527. The van der Waals surface area contributed by atoms with E-state index < -0.39 is 0 Å². The highest BCUT2D eigenvalue weighted by Gasteiger charge is 2.33. The maximum Gasteiger partial charge on any atom is 0.244 e. The third-order valence-corrected chi connectivity index (χ3v) is 4.72. The zero-order valence-corrected chi connectivity index (χ0v) is 12.5. The average molecular weight is 272 g/mol. The van der Waals surface area contributed by atoms with Gasteiger partial charge in [0, 0.05) is 12.2 Å². The van der Waals surface area contributed by atoms with Crippen LogP contribution in [-0.2, 0) is 11.2 Å². The molecule has 2 heterocycles. The number of para-hydroxylation sites is 1. The molecule has 0 spiro atoms. The van der Waals surface area contributed by atoms with E-state index in [-0.39, 0.29) is 11.9 Å². The molecule has 1 amide bonds. The van der Waals surface area contributed by atoms with Crippen molar-refractivity contribution in [3.05, 3.63) is 29.3 Å². The number of aryl methyl sites for hydroxylation is 2. The van der Waals surface area contributed by atoms with Gasteiger partial charge < -0.3 is 10.2 Å². The van der Waals surface area contributed by atoms with Crippen molar-refractivity contribution in [1.82, 2.24) is 5.32 Å². The van der Waals surface area contributed by atoms with Crippen molar-refractivity contribution in [3.8, 4) is 0 Å². The Morgan fingerprint density at radius 1 is 1.35 bits per heavy atom. The van der Waals surface area contributed by atoms with Gasteiger partial charge in [-0.15, -0.1) is 0 Å². The molecule has 0 aliphatic carbocycles. The summed E-state index contributed by atoms with van der Waals surface area (Å²) in [5, 5.41) is 3.42. The lowest BCUT2D eigenvalue weighted by atomic mass is 9.90. The highest BCUT2D eigenvalue weighted by atomic mass is 16.2. The normalized spacial score (nSPS) is 26.2. The van der Waals surface area contributed by atoms with Crippen molar-refractivity contribution in [2.45, 2.75) is 45.6 Å². The number of hydrogen-bond donors (Lipinski definition) is 1. The van der Waals surface area contributed by atoms with Crippen molar-refractivity contribution >= 4 is 11.6 Å². The molecular formula is C17H24N2O. The van der Waals surface area contributed by atoms with E-state index in [1.54, 1.807) is 0 Å². The van der Waals surface area contributed by atoms with Gasteiger partial charge in [0.15, 0.2) is 0 Å². The van der Waals surface area contributed by atoms with Crippen LogP contribution in [0, 0.1) is 12.8 Å². The summed E-state index contributed by atoms with van der Waals surface area (Å²) < 4.78 is 0. The van der Waals surface area contributed by atoms with Crippen molar-refractivity contribution in [1.29, 1.82) is 0 Å². The Bertz CT molecular complexity index is 512. The van der Waals surface area contributed by atoms with E-state index in [0.29, 0.717) is 5.92 Å². The number of benzene rings is 1. The fraction of sp³-hybridized carbons (Fsp3) is 0.588. The van der Waals surface area contributed by atoms with Gasteiger partial charge >= 0.3 is 0 Å². The molecule has 2 unspecified atom stereocenters. The lowest BCUT2D eigenvalue weighted by Gasteiger charge is -2.37. The number of nitrogens with one attached hydrogen (secondary N) is 1. The molecule has 0 radical (unpaired) electrons. The second-order valence-electron chi connectivity index (χ2n) is 6.23. The predicted molar refractivity (Wildman–Crippen MR) is 82.0 cm³/mol. The topological polar surface area (TPSA) is 32.3 Å². The number of fused-ring (bicyclic) bond motifs is 1. The first-order valence-electron chi connectivity index (χ1n) is 7.81. The SMILES string of the molecule is Cc1cccc2c1N(C(=O)C1NCCCC1C)CCC2. The Morgan fingerprint density at radius 2 is 2.20 bits per heavy atom. The smallest absolute Gasteiger partial charge is 0.244 e. The van der Waals surface area contributed by atoms with Gasteiger partial charge in [0.1, 0.15) is 0 Å². The summed E-state index contributed by atoms with van der Waals surface area (Å²) in [7, 11) is 0. The summed E-state index contributed by atoms with van der Waals surface area (Å²) in [4.78, 5) is 15.0. The minimum Gasteiger partial charge on any atom is -0.311 e. The van der Waals surface area contributed by atoms with Gasteiger partial charge in [0.2, 0.25) is 5.91 Å². The first-order valence-corrected chi connectivity index (χ1v) is 7.81. The molecule has 0 saturated carbocycles. The summed E-state index contributed by atoms with van der Waals surface area (Å²) in [6, 6.07) is 6.37. The number of nitrogens with zero attached hydrogens (tertiary/aromatic N) is 1. The Kier molecular flexibility index (Phi) is 3.79. The molecule has 3 heteroatoms. The van der Waals surface area contributed by atoms with Gasteiger partial charge in [-0.1, -0.05) is 25.1 Å². The molecule has 3 nitrogen and oxygen atoms in total. The first-order chi connectivity index (χ1) is 9.68. The second kappa shape index (κ2) is 5.57. The molecule has 1 fully saturated rings. The highest BCUT2D eigenvalue weighted by Crippen LogP contribution is 2.32. The van der Waals surface area contributed by atoms with Crippen LogP contribution >= 0.6 is 0 Å². The number of carbonyl (C=O) groups is 1. The number of anilines is 1. The fourth-order valence-corrected chi connectivity index (χ4v) is 3.62. The summed E-state index contributed by atoms with van der Waals surface area (Å²) in [5.74, 6) is 0.707. The maximum atomic E-state index is 12.9. The van der Waals surface area contributed by atoms with Crippen LogP contribution in [0.25, 0.3) is 0 Å². The van der Waals surface area contributed by atoms with E-state index in [1.165, 1.54) is 23.2 Å². The molecule has 2 aliphatic rings. The minimum atomic E-state index is -0.00527. The van der Waals surface area contributed by atoms with Crippen LogP contribution in [0.1, 0.15) is 37.3 Å². The van der Waals surface area contributed by atoms with Crippen LogP contribution in [0.4, 0.5) is 5.69 Å². The molecule has 2 aliphatic heterocycles. The molecule has 20 heavy (non-hydrogen) atoms. The Hall–Kier alpha value is -1.35. The summed E-state index contributed by atoms with van der Waals surface area (Å²) in [6.07, 6.45) is 4.50. The number of amides is 1. The van der Waals surface area contributed by atoms with Crippen LogP contribution in [0.15, 0.2) is 18.2 Å². The Labute approximate surface area is 121 Å². The van der Waals surface area contributed by atoms with E-state index in [1.807, 2.05) is 4.90 Å². The van der Waals surface area contributed by atoms with E-state index in [0.717, 1.165) is 32.4 Å². The zero-order valence-electron chi connectivity index (χ0n) is 12.5. The van der Waals surface area contributed by atoms with E-state index in [9.17, 15) is 4.79 Å². The fourth-order valence-electron chi connectivity index (χ4n) is 3.62. The molecule has 0 aromatic heterocycles. The van der Waals surface area contributed by atoms with Crippen LogP contribution in [-0.4, -0.2) is 25.0 Å². The third kappa shape index (κ3) is 2.35. The van der Waals surface area contributed by atoms with Crippen LogP contribution < -0.4 is 10.2 Å². The first kappa shape index (κ1) is 13.6. The number of carbonyl (C=O) groups excluding carboxylic acids is 1. The molecule has 2 atom stereocenters. The van der Waals surface area contributed by atoms with Gasteiger partial charge in [0.25, 0.3) is 0 Å². The van der Waals surface area contributed by atoms with Gasteiger partial charge in [-0.3, -0.25) is 4.79 Å². The summed E-state index contributed by atoms with van der Waals surface area (Å²) in [6.45, 7) is 6.14. The summed E-state index contributed by atoms with van der Waals surface area (Å²) in [5.41, 5.74) is 3.72. The predicted octanol–water partition coefficient (Wildman–Crippen LogP) is 2.66. The van der Waals surface area contributed by atoms with E-state index in [2.05, 4.69) is 37.4 Å². The van der Waals surface area contributed by atoms with Gasteiger partial charge in [-0.05, 0) is 56.2 Å². The molecule has 1 saturated heterocycles.